The second-order valence-corrected chi connectivity index (χ2v) is 6.83. The minimum absolute atomic E-state index is 0.0379. The molecule has 114 valence electrons. The SMILES string of the molecule is CCS(=O)(=O)N(C)CCc1noc(-c2ccccc2F)n1. The first-order chi connectivity index (χ1) is 9.94. The summed E-state index contributed by atoms with van der Waals surface area (Å²) in [5.74, 6) is 0.0184. The van der Waals surface area contributed by atoms with Gasteiger partial charge in [-0.2, -0.15) is 4.98 Å². The first-order valence-corrected chi connectivity index (χ1v) is 8.06. The average Bonchev–Trinajstić information content (AvgIpc) is 2.93. The van der Waals surface area contributed by atoms with Gasteiger partial charge in [-0.05, 0) is 19.1 Å². The molecule has 0 radical (unpaired) electrons. The number of hydrogen-bond donors (Lipinski definition) is 0. The lowest BCUT2D eigenvalue weighted by atomic mass is 10.2. The number of halogens is 1. The lowest BCUT2D eigenvalue weighted by Gasteiger charge is -2.14. The summed E-state index contributed by atoms with van der Waals surface area (Å²) in [6.45, 7) is 1.82. The Morgan fingerprint density at radius 1 is 1.33 bits per heavy atom. The molecule has 0 fully saturated rings. The number of rotatable bonds is 6. The van der Waals surface area contributed by atoms with Crippen LogP contribution in [0.25, 0.3) is 11.5 Å². The molecule has 0 N–H and O–H groups in total. The van der Waals surface area contributed by atoms with Crippen molar-refractivity contribution in [1.29, 1.82) is 0 Å². The van der Waals surface area contributed by atoms with E-state index in [1.54, 1.807) is 25.1 Å². The topological polar surface area (TPSA) is 76.3 Å². The Morgan fingerprint density at radius 2 is 2.05 bits per heavy atom. The monoisotopic (exact) mass is 313 g/mol. The van der Waals surface area contributed by atoms with E-state index < -0.39 is 15.8 Å². The second kappa shape index (κ2) is 6.31. The maximum absolute atomic E-state index is 13.6. The minimum atomic E-state index is -3.23. The molecule has 0 aliphatic carbocycles. The Morgan fingerprint density at radius 3 is 2.71 bits per heavy atom. The lowest BCUT2D eigenvalue weighted by Crippen LogP contribution is -2.30. The van der Waals surface area contributed by atoms with Crippen LogP contribution in [0.2, 0.25) is 0 Å². The summed E-state index contributed by atoms with van der Waals surface area (Å²) >= 11 is 0. The van der Waals surface area contributed by atoms with E-state index in [9.17, 15) is 12.8 Å². The van der Waals surface area contributed by atoms with E-state index in [4.69, 9.17) is 4.52 Å². The van der Waals surface area contributed by atoms with E-state index in [2.05, 4.69) is 10.1 Å². The summed E-state index contributed by atoms with van der Waals surface area (Å²) in [7, 11) is -1.74. The summed E-state index contributed by atoms with van der Waals surface area (Å²) in [6, 6.07) is 6.09. The molecule has 21 heavy (non-hydrogen) atoms. The van der Waals surface area contributed by atoms with Crippen LogP contribution in [0.4, 0.5) is 4.39 Å². The maximum atomic E-state index is 13.6. The predicted molar refractivity (Wildman–Crippen MR) is 75.5 cm³/mol. The zero-order valence-corrected chi connectivity index (χ0v) is 12.6. The summed E-state index contributed by atoms with van der Waals surface area (Å²) in [4.78, 5) is 4.08. The van der Waals surface area contributed by atoms with Crippen molar-refractivity contribution in [2.24, 2.45) is 0 Å². The molecule has 0 aliphatic heterocycles. The average molecular weight is 313 g/mol. The molecule has 0 amide bonds. The second-order valence-electron chi connectivity index (χ2n) is 4.47. The van der Waals surface area contributed by atoms with Gasteiger partial charge in [0.15, 0.2) is 5.82 Å². The van der Waals surface area contributed by atoms with Crippen molar-refractivity contribution < 1.29 is 17.3 Å². The van der Waals surface area contributed by atoms with Crippen LogP contribution in [0.5, 0.6) is 0 Å². The summed E-state index contributed by atoms with van der Waals surface area (Å²) < 4.78 is 43.0. The highest BCUT2D eigenvalue weighted by Gasteiger charge is 2.17. The normalized spacial score (nSPS) is 12.0. The third-order valence-corrected chi connectivity index (χ3v) is 4.92. The van der Waals surface area contributed by atoms with Gasteiger partial charge in [0.05, 0.1) is 11.3 Å². The molecule has 0 unspecified atom stereocenters. The van der Waals surface area contributed by atoms with Crippen LogP contribution >= 0.6 is 0 Å². The van der Waals surface area contributed by atoms with Gasteiger partial charge in [0.1, 0.15) is 5.82 Å². The number of likely N-dealkylation sites (N-methyl/N-ethyl adjacent to an activating group) is 1. The molecule has 0 saturated heterocycles. The largest absolute Gasteiger partial charge is 0.334 e. The number of hydrogen-bond acceptors (Lipinski definition) is 5. The highest BCUT2D eigenvalue weighted by Crippen LogP contribution is 2.20. The number of sulfonamides is 1. The van der Waals surface area contributed by atoms with Gasteiger partial charge < -0.3 is 4.52 Å². The van der Waals surface area contributed by atoms with Crippen molar-refractivity contribution in [3.63, 3.8) is 0 Å². The van der Waals surface area contributed by atoms with Crippen LogP contribution in [0.3, 0.4) is 0 Å². The van der Waals surface area contributed by atoms with E-state index >= 15 is 0 Å². The zero-order chi connectivity index (χ0) is 15.5. The number of aromatic nitrogens is 2. The van der Waals surface area contributed by atoms with Crippen LogP contribution in [0.1, 0.15) is 12.7 Å². The standard InChI is InChI=1S/C13H16FN3O3S/c1-3-21(18,19)17(2)9-8-12-15-13(20-16-12)10-6-4-5-7-11(10)14/h4-7H,3,8-9H2,1-2H3. The van der Waals surface area contributed by atoms with E-state index in [-0.39, 0.29) is 23.8 Å². The molecular formula is C13H16FN3O3S. The van der Waals surface area contributed by atoms with Gasteiger partial charge in [0.2, 0.25) is 10.0 Å². The Kier molecular flexibility index (Phi) is 4.69. The molecule has 8 heteroatoms. The van der Waals surface area contributed by atoms with Gasteiger partial charge in [-0.25, -0.2) is 17.1 Å². The first kappa shape index (κ1) is 15.6. The molecule has 0 spiro atoms. The van der Waals surface area contributed by atoms with Gasteiger partial charge in [-0.15, -0.1) is 0 Å². The lowest BCUT2D eigenvalue weighted by molar-refractivity contribution is 0.413. The molecule has 1 aromatic heterocycles. The summed E-state index contributed by atoms with van der Waals surface area (Å²) in [6.07, 6.45) is 0.299. The highest BCUT2D eigenvalue weighted by molar-refractivity contribution is 7.89. The van der Waals surface area contributed by atoms with Gasteiger partial charge in [-0.3, -0.25) is 0 Å². The fourth-order valence-corrected chi connectivity index (χ4v) is 2.53. The van der Waals surface area contributed by atoms with Crippen LogP contribution < -0.4 is 0 Å². The molecule has 0 bridgehead atoms. The molecule has 0 atom stereocenters. The van der Waals surface area contributed by atoms with Crippen molar-refractivity contribution in [3.05, 3.63) is 35.9 Å². The fourth-order valence-electron chi connectivity index (χ4n) is 1.72. The van der Waals surface area contributed by atoms with Crippen LogP contribution in [-0.2, 0) is 16.4 Å². The van der Waals surface area contributed by atoms with E-state index in [1.165, 1.54) is 17.4 Å². The van der Waals surface area contributed by atoms with Gasteiger partial charge in [0.25, 0.3) is 5.89 Å². The number of benzene rings is 1. The Hall–Kier alpha value is -1.80. The van der Waals surface area contributed by atoms with E-state index in [0.717, 1.165) is 0 Å². The maximum Gasteiger partial charge on any atom is 0.260 e. The van der Waals surface area contributed by atoms with Crippen LogP contribution in [0, 0.1) is 5.82 Å². The molecule has 6 nitrogen and oxygen atoms in total. The third-order valence-electron chi connectivity index (χ3n) is 3.06. The van der Waals surface area contributed by atoms with Gasteiger partial charge >= 0.3 is 0 Å². The first-order valence-electron chi connectivity index (χ1n) is 6.45. The quantitative estimate of drug-likeness (QED) is 0.811. The molecule has 2 aromatic rings. The predicted octanol–water partition coefficient (Wildman–Crippen LogP) is 1.70. The Bertz CT molecular complexity index is 715. The third kappa shape index (κ3) is 3.64. The molecule has 1 aromatic carbocycles. The van der Waals surface area contributed by atoms with E-state index in [1.807, 2.05) is 0 Å². The fraction of sp³-hybridized carbons (Fsp3) is 0.385. The van der Waals surface area contributed by atoms with Crippen LogP contribution in [0.15, 0.2) is 28.8 Å². The van der Waals surface area contributed by atoms with Crippen molar-refractivity contribution in [3.8, 4) is 11.5 Å². The summed E-state index contributed by atoms with van der Waals surface area (Å²) in [5.41, 5.74) is 0.228. The van der Waals surface area contributed by atoms with Crippen molar-refractivity contribution in [2.45, 2.75) is 13.3 Å². The smallest absolute Gasteiger partial charge is 0.260 e. The van der Waals surface area contributed by atoms with E-state index in [0.29, 0.717) is 12.2 Å². The van der Waals surface area contributed by atoms with Crippen molar-refractivity contribution in [2.75, 3.05) is 19.3 Å². The van der Waals surface area contributed by atoms with Gasteiger partial charge in [0, 0.05) is 20.0 Å². The van der Waals surface area contributed by atoms with Crippen molar-refractivity contribution >= 4 is 10.0 Å². The highest BCUT2D eigenvalue weighted by atomic mass is 32.2. The molecule has 2 rings (SSSR count). The zero-order valence-electron chi connectivity index (χ0n) is 11.8. The molecular weight excluding hydrogens is 297 g/mol. The van der Waals surface area contributed by atoms with Gasteiger partial charge in [-0.1, -0.05) is 17.3 Å². The Labute approximate surface area is 122 Å². The molecule has 1 heterocycles. The molecule has 0 saturated carbocycles. The van der Waals surface area contributed by atoms with Crippen LogP contribution in [-0.4, -0.2) is 42.2 Å². The minimum Gasteiger partial charge on any atom is -0.334 e. The van der Waals surface area contributed by atoms with Crippen molar-refractivity contribution in [1.82, 2.24) is 14.4 Å². The molecule has 0 aliphatic rings. The summed E-state index contributed by atoms with van der Waals surface area (Å²) in [5, 5.41) is 3.74. The number of nitrogens with zero attached hydrogens (tertiary/aromatic N) is 3. The Balaban J connectivity index is 2.06.